The number of anilines is 1. The average molecular weight is 431 g/mol. The van der Waals surface area contributed by atoms with E-state index in [-0.39, 0.29) is 34.6 Å². The van der Waals surface area contributed by atoms with E-state index in [4.69, 9.17) is 21.1 Å². The number of amidine groups is 1. The molecule has 0 unspecified atom stereocenters. The quantitative estimate of drug-likeness (QED) is 0.724. The molecule has 146 valence electrons. The van der Waals surface area contributed by atoms with Crippen molar-refractivity contribution in [3.8, 4) is 11.5 Å². The number of hydrogen-bond acceptors (Lipinski definition) is 6. The number of amides is 1. The van der Waals surface area contributed by atoms with Gasteiger partial charge >= 0.3 is 0 Å². The number of ether oxygens (including phenoxy) is 2. The lowest BCUT2D eigenvalue weighted by Crippen LogP contribution is -2.38. The van der Waals surface area contributed by atoms with Crippen molar-refractivity contribution in [3.63, 3.8) is 0 Å². The van der Waals surface area contributed by atoms with Gasteiger partial charge in [0.05, 0.1) is 42.5 Å². The Kier molecular flexibility index (Phi) is 4.80. The van der Waals surface area contributed by atoms with Crippen LogP contribution in [0, 0.1) is 5.92 Å². The summed E-state index contributed by atoms with van der Waals surface area (Å²) in [5.41, 5.74) is 0.586. The molecule has 1 amide bonds. The number of carbonyl (C=O) groups is 1. The number of carbonyl (C=O) groups excluding carboxylic acids is 1. The Labute approximate surface area is 167 Å². The van der Waals surface area contributed by atoms with Crippen LogP contribution in [-0.2, 0) is 14.6 Å². The molecule has 0 bridgehead atoms. The van der Waals surface area contributed by atoms with Crippen LogP contribution < -0.4 is 14.4 Å². The van der Waals surface area contributed by atoms with Crippen LogP contribution in [0.3, 0.4) is 0 Å². The largest absolute Gasteiger partial charge is 0.495 e. The maximum atomic E-state index is 12.3. The van der Waals surface area contributed by atoms with Gasteiger partial charge in [-0.2, -0.15) is 4.99 Å². The summed E-state index contributed by atoms with van der Waals surface area (Å²) in [7, 11) is -0.121. The molecule has 1 aromatic rings. The zero-order chi connectivity index (χ0) is 19.3. The number of methoxy groups -OCH3 is 2. The molecule has 2 saturated heterocycles. The van der Waals surface area contributed by atoms with Gasteiger partial charge in [0.25, 0.3) is 5.91 Å². The molecule has 7 nitrogen and oxygen atoms in total. The monoisotopic (exact) mass is 430 g/mol. The van der Waals surface area contributed by atoms with Crippen LogP contribution in [0.25, 0.3) is 0 Å². The predicted octanol–water partition coefficient (Wildman–Crippen LogP) is 2.37. The molecule has 1 saturated carbocycles. The fourth-order valence-electron chi connectivity index (χ4n) is 3.39. The Bertz CT molecular complexity index is 929. The first-order valence-corrected chi connectivity index (χ1v) is 11.6. The second kappa shape index (κ2) is 6.86. The highest BCUT2D eigenvalue weighted by atomic mass is 35.5. The van der Waals surface area contributed by atoms with E-state index in [0.29, 0.717) is 27.4 Å². The molecule has 0 aromatic heterocycles. The molecule has 3 fully saturated rings. The first kappa shape index (κ1) is 18.9. The van der Waals surface area contributed by atoms with Gasteiger partial charge in [-0.05, 0) is 18.9 Å². The van der Waals surface area contributed by atoms with Gasteiger partial charge in [-0.3, -0.25) is 4.79 Å². The number of rotatable bonds is 4. The Morgan fingerprint density at radius 2 is 1.93 bits per heavy atom. The average Bonchev–Trinajstić information content (AvgIpc) is 3.35. The van der Waals surface area contributed by atoms with Crippen molar-refractivity contribution in [2.24, 2.45) is 10.9 Å². The van der Waals surface area contributed by atoms with Gasteiger partial charge in [0.1, 0.15) is 11.5 Å². The number of nitrogens with zero attached hydrogens (tertiary/aromatic N) is 2. The number of benzene rings is 1. The van der Waals surface area contributed by atoms with Crippen LogP contribution in [0.5, 0.6) is 11.5 Å². The standard InChI is InChI=1S/C17H19ClN2O5S2/c1-24-13-6-14(25-2)11(5-10(13)18)20-12-7-27(22,23)8-15(12)26-17(20)19-16(21)9-3-4-9/h5-6,9,12,15H,3-4,7-8H2,1-2H3/t12-,15-/m1/s1. The van der Waals surface area contributed by atoms with Gasteiger partial charge < -0.3 is 14.4 Å². The fraction of sp³-hybridized carbons (Fsp3) is 0.529. The Hall–Kier alpha value is -1.45. The molecule has 2 aliphatic heterocycles. The summed E-state index contributed by atoms with van der Waals surface area (Å²) in [6.07, 6.45) is 1.72. The molecule has 0 N–H and O–H groups in total. The van der Waals surface area contributed by atoms with Crippen molar-refractivity contribution in [2.45, 2.75) is 24.1 Å². The number of hydrogen-bond donors (Lipinski definition) is 0. The smallest absolute Gasteiger partial charge is 0.251 e. The molecule has 0 radical (unpaired) electrons. The summed E-state index contributed by atoms with van der Waals surface area (Å²) in [6, 6.07) is 3.01. The molecule has 10 heteroatoms. The molecule has 1 aromatic carbocycles. The van der Waals surface area contributed by atoms with Crippen LogP contribution >= 0.6 is 23.4 Å². The molecular formula is C17H19ClN2O5S2. The van der Waals surface area contributed by atoms with Crippen molar-refractivity contribution in [2.75, 3.05) is 30.6 Å². The highest BCUT2D eigenvalue weighted by Gasteiger charge is 2.50. The van der Waals surface area contributed by atoms with E-state index in [1.807, 2.05) is 0 Å². The lowest BCUT2D eigenvalue weighted by Gasteiger charge is -2.26. The number of aliphatic imine (C=N–C) groups is 1. The lowest BCUT2D eigenvalue weighted by atomic mass is 10.2. The number of fused-ring (bicyclic) bond motifs is 1. The van der Waals surface area contributed by atoms with E-state index in [1.54, 1.807) is 17.0 Å². The van der Waals surface area contributed by atoms with E-state index in [2.05, 4.69) is 4.99 Å². The second-order valence-corrected chi connectivity index (χ2v) is 10.6. The highest BCUT2D eigenvalue weighted by molar-refractivity contribution is 8.16. The van der Waals surface area contributed by atoms with Crippen LogP contribution in [0.1, 0.15) is 12.8 Å². The van der Waals surface area contributed by atoms with Crippen molar-refractivity contribution in [1.82, 2.24) is 0 Å². The van der Waals surface area contributed by atoms with Crippen LogP contribution in [0.15, 0.2) is 17.1 Å². The first-order valence-electron chi connectivity index (χ1n) is 8.53. The number of sulfone groups is 1. The van der Waals surface area contributed by atoms with E-state index in [0.717, 1.165) is 12.8 Å². The Balaban J connectivity index is 1.80. The zero-order valence-corrected chi connectivity index (χ0v) is 17.2. The van der Waals surface area contributed by atoms with Crippen LogP contribution in [0.2, 0.25) is 5.02 Å². The second-order valence-electron chi connectivity index (χ2n) is 6.84. The lowest BCUT2D eigenvalue weighted by molar-refractivity contribution is -0.118. The number of halogens is 1. The van der Waals surface area contributed by atoms with E-state index in [1.165, 1.54) is 26.0 Å². The maximum absolute atomic E-state index is 12.3. The first-order chi connectivity index (χ1) is 12.8. The van der Waals surface area contributed by atoms with E-state index >= 15 is 0 Å². The zero-order valence-electron chi connectivity index (χ0n) is 14.8. The molecule has 1 aliphatic carbocycles. The van der Waals surface area contributed by atoms with Gasteiger partial charge in [0.15, 0.2) is 15.0 Å². The molecule has 2 heterocycles. The molecule has 0 spiro atoms. The summed E-state index contributed by atoms with van der Waals surface area (Å²) in [4.78, 5) is 18.4. The predicted molar refractivity (Wildman–Crippen MR) is 106 cm³/mol. The van der Waals surface area contributed by atoms with Crippen LogP contribution in [-0.4, -0.2) is 56.5 Å². The Morgan fingerprint density at radius 3 is 2.56 bits per heavy atom. The topological polar surface area (TPSA) is 85.3 Å². The van der Waals surface area contributed by atoms with Crippen molar-refractivity contribution >= 4 is 50.0 Å². The Morgan fingerprint density at radius 1 is 1.22 bits per heavy atom. The van der Waals surface area contributed by atoms with E-state index in [9.17, 15) is 13.2 Å². The van der Waals surface area contributed by atoms with Crippen LogP contribution in [0.4, 0.5) is 5.69 Å². The summed E-state index contributed by atoms with van der Waals surface area (Å²) in [5, 5.41) is 0.707. The highest BCUT2D eigenvalue weighted by Crippen LogP contribution is 2.46. The third-order valence-corrected chi connectivity index (χ3v) is 8.42. The van der Waals surface area contributed by atoms with Gasteiger partial charge in [-0.25, -0.2) is 8.42 Å². The summed E-state index contributed by atoms with van der Waals surface area (Å²) in [5.74, 6) is 0.852. The third-order valence-electron chi connectivity index (χ3n) is 4.91. The third kappa shape index (κ3) is 3.52. The van der Waals surface area contributed by atoms with Crippen molar-refractivity contribution in [1.29, 1.82) is 0 Å². The SMILES string of the molecule is COc1cc(OC)c(N2C(=NC(=O)C3CC3)S[C@@H]3CS(=O)(=O)C[C@H]32)cc1Cl. The molecule has 3 aliphatic rings. The minimum absolute atomic E-state index is 0.00804. The summed E-state index contributed by atoms with van der Waals surface area (Å²) < 4.78 is 35.1. The van der Waals surface area contributed by atoms with Gasteiger partial charge in [0.2, 0.25) is 0 Å². The normalized spacial score (nSPS) is 27.7. The summed E-state index contributed by atoms with van der Waals surface area (Å²) in [6.45, 7) is 0. The summed E-state index contributed by atoms with van der Waals surface area (Å²) >= 11 is 7.65. The number of thioether (sulfide) groups is 1. The minimum atomic E-state index is -3.15. The molecule has 2 atom stereocenters. The minimum Gasteiger partial charge on any atom is -0.495 e. The van der Waals surface area contributed by atoms with Gasteiger partial charge in [-0.1, -0.05) is 23.4 Å². The van der Waals surface area contributed by atoms with Gasteiger partial charge in [0, 0.05) is 17.2 Å². The molecular weight excluding hydrogens is 412 g/mol. The van der Waals surface area contributed by atoms with Crippen molar-refractivity contribution < 1.29 is 22.7 Å². The van der Waals surface area contributed by atoms with Crippen molar-refractivity contribution in [3.05, 3.63) is 17.2 Å². The fourth-order valence-corrected chi connectivity index (χ4v) is 7.54. The van der Waals surface area contributed by atoms with E-state index < -0.39 is 9.84 Å². The molecule has 4 rings (SSSR count). The maximum Gasteiger partial charge on any atom is 0.251 e. The van der Waals surface area contributed by atoms with Gasteiger partial charge in [-0.15, -0.1) is 0 Å². The molecule has 27 heavy (non-hydrogen) atoms.